The van der Waals surface area contributed by atoms with Crippen LogP contribution in [0.4, 0.5) is 5.69 Å². The second kappa shape index (κ2) is 12.0. The van der Waals surface area contributed by atoms with Crippen molar-refractivity contribution in [2.24, 2.45) is 0 Å². The van der Waals surface area contributed by atoms with Gasteiger partial charge in [-0.1, -0.05) is 146 Å². The number of rotatable bonds is 6. The van der Waals surface area contributed by atoms with Crippen LogP contribution in [0.15, 0.2) is 176 Å². The van der Waals surface area contributed by atoms with Crippen LogP contribution in [0.25, 0.3) is 43.5 Å². The van der Waals surface area contributed by atoms with Crippen molar-refractivity contribution in [2.75, 3.05) is 0 Å². The highest BCUT2D eigenvalue weighted by Crippen LogP contribution is 2.38. The van der Waals surface area contributed by atoms with Gasteiger partial charge in [-0.15, -0.1) is 0 Å². The monoisotopic (exact) mass is 627 g/mol. The fourth-order valence-electron chi connectivity index (χ4n) is 7.30. The third-order valence-electron chi connectivity index (χ3n) is 9.38. The summed E-state index contributed by atoms with van der Waals surface area (Å²) in [6.07, 6.45) is 0. The summed E-state index contributed by atoms with van der Waals surface area (Å²) in [5.41, 5.74) is 6.27. The molecule has 1 aromatic heterocycles. The second-order valence-electron chi connectivity index (χ2n) is 11.9. The molecule has 224 valence electrons. The van der Waals surface area contributed by atoms with Gasteiger partial charge in [0.25, 0.3) is 0 Å². The number of nitrogens with zero attached hydrogens (tertiary/aromatic N) is 3. The van der Waals surface area contributed by atoms with E-state index in [1.54, 1.807) is 0 Å². The van der Waals surface area contributed by atoms with Crippen LogP contribution in [0.5, 0.6) is 0 Å². The summed E-state index contributed by atoms with van der Waals surface area (Å²) in [4.78, 5) is 3.71. The van der Waals surface area contributed by atoms with Gasteiger partial charge in [0.15, 0.2) is 13.8 Å². The Kier molecular flexibility index (Phi) is 7.27. The molecule has 0 aliphatic rings. The summed E-state index contributed by atoms with van der Waals surface area (Å²) in [5, 5.41) is 17.4. The van der Waals surface area contributed by atoms with E-state index in [1.165, 1.54) is 20.7 Å². The molecule has 0 atom stereocenters. The maximum absolute atomic E-state index is 10.1. The SMILES string of the molecule is [C-]#[N+]c1ccc2c(c1)c1ccccc1n2-c1cc(C#N)ccc1-c1cccc([Si](c2ccccc2)(c2ccccc2)c2ccccc2)c1. The molecule has 1 heterocycles. The molecule has 8 rings (SSSR count). The Balaban J connectivity index is 1.43. The third kappa shape index (κ3) is 4.64. The van der Waals surface area contributed by atoms with Crippen molar-refractivity contribution in [3.63, 3.8) is 0 Å². The van der Waals surface area contributed by atoms with Gasteiger partial charge in [-0.25, -0.2) is 4.85 Å². The first kappa shape index (κ1) is 29.0. The van der Waals surface area contributed by atoms with E-state index in [0.717, 1.165) is 38.6 Å². The van der Waals surface area contributed by atoms with Crippen molar-refractivity contribution >= 4 is 56.3 Å². The molecule has 48 heavy (non-hydrogen) atoms. The average molecular weight is 628 g/mol. The lowest BCUT2D eigenvalue weighted by molar-refractivity contribution is 1.18. The van der Waals surface area contributed by atoms with Crippen LogP contribution in [-0.2, 0) is 0 Å². The highest BCUT2D eigenvalue weighted by atomic mass is 28.3. The molecule has 0 radical (unpaired) electrons. The predicted molar refractivity (Wildman–Crippen MR) is 201 cm³/mol. The maximum atomic E-state index is 10.1. The van der Waals surface area contributed by atoms with E-state index in [9.17, 15) is 5.26 Å². The van der Waals surface area contributed by atoms with Gasteiger partial charge < -0.3 is 4.57 Å². The maximum Gasteiger partial charge on any atom is 0.188 e. The van der Waals surface area contributed by atoms with Crippen molar-refractivity contribution in [2.45, 2.75) is 0 Å². The van der Waals surface area contributed by atoms with E-state index >= 15 is 0 Å². The zero-order valence-corrected chi connectivity index (χ0v) is 27.1. The van der Waals surface area contributed by atoms with Crippen molar-refractivity contribution in [1.82, 2.24) is 4.57 Å². The molecule has 0 unspecified atom stereocenters. The number of aromatic nitrogens is 1. The summed E-state index contributed by atoms with van der Waals surface area (Å²) in [7, 11) is -2.75. The zero-order chi connectivity index (χ0) is 32.5. The van der Waals surface area contributed by atoms with Gasteiger partial charge in [0, 0.05) is 10.9 Å². The smallest absolute Gasteiger partial charge is 0.188 e. The molecule has 4 heteroatoms. The lowest BCUT2D eigenvalue weighted by atomic mass is 10.0. The van der Waals surface area contributed by atoms with Crippen LogP contribution in [0.1, 0.15) is 5.56 Å². The normalized spacial score (nSPS) is 11.3. The van der Waals surface area contributed by atoms with Crippen molar-refractivity contribution in [1.29, 1.82) is 5.26 Å². The Labute approximate surface area is 281 Å². The minimum absolute atomic E-state index is 0.593. The standard InChI is InChI=1S/C44H29N3Si/c1-46-34-25-27-43-41(30-34)40-22-11-12-23-42(40)47(43)44-28-32(31-45)24-26-39(44)33-14-13-21-38(29-33)48(35-15-5-2-6-16-35,36-17-7-3-8-18-36)37-19-9-4-10-20-37/h2-30H. The van der Waals surface area contributed by atoms with Crippen molar-refractivity contribution in [3.05, 3.63) is 193 Å². The Morgan fingerprint density at radius 2 is 1.10 bits per heavy atom. The van der Waals surface area contributed by atoms with Gasteiger partial charge in [0.2, 0.25) is 0 Å². The molecule has 0 spiro atoms. The molecule has 0 N–H and O–H groups in total. The van der Waals surface area contributed by atoms with Crippen molar-refractivity contribution < 1.29 is 0 Å². The predicted octanol–water partition coefficient (Wildman–Crippen LogP) is 8.25. The molecule has 0 fully saturated rings. The van der Waals surface area contributed by atoms with Gasteiger partial charge in [-0.05, 0) is 62.0 Å². The minimum atomic E-state index is -2.75. The van der Waals surface area contributed by atoms with Crippen LogP contribution in [0.3, 0.4) is 0 Å². The largest absolute Gasteiger partial charge is 0.309 e. The molecule has 0 aliphatic carbocycles. The Bertz CT molecular complexity index is 2430. The quantitative estimate of drug-likeness (QED) is 0.104. The van der Waals surface area contributed by atoms with Gasteiger partial charge in [-0.3, -0.25) is 0 Å². The minimum Gasteiger partial charge on any atom is -0.309 e. The Morgan fingerprint density at radius 3 is 1.73 bits per heavy atom. The highest BCUT2D eigenvalue weighted by molar-refractivity contribution is 7.19. The van der Waals surface area contributed by atoms with E-state index in [4.69, 9.17) is 6.57 Å². The summed E-state index contributed by atoms with van der Waals surface area (Å²) in [5.74, 6) is 0. The molecule has 0 saturated heterocycles. The number of benzene rings is 7. The molecule has 0 saturated carbocycles. The number of para-hydroxylation sites is 1. The van der Waals surface area contributed by atoms with Crippen LogP contribution in [-0.4, -0.2) is 12.6 Å². The first-order chi connectivity index (χ1) is 23.7. The van der Waals surface area contributed by atoms with Gasteiger partial charge in [0.05, 0.1) is 34.9 Å². The Morgan fingerprint density at radius 1 is 0.521 bits per heavy atom. The summed E-state index contributed by atoms with van der Waals surface area (Å²) in [6, 6.07) is 64.4. The molecule has 8 aromatic rings. The van der Waals surface area contributed by atoms with Gasteiger partial charge in [-0.2, -0.15) is 5.26 Å². The van der Waals surface area contributed by atoms with Crippen molar-refractivity contribution in [3.8, 4) is 22.9 Å². The molecule has 0 amide bonds. The average Bonchev–Trinajstić information content (AvgIpc) is 3.50. The van der Waals surface area contributed by atoms with Crippen LogP contribution < -0.4 is 20.7 Å². The van der Waals surface area contributed by atoms with E-state index < -0.39 is 8.07 Å². The van der Waals surface area contributed by atoms with E-state index in [0.29, 0.717) is 11.3 Å². The lowest BCUT2D eigenvalue weighted by Gasteiger charge is -2.34. The fourth-order valence-corrected chi connectivity index (χ4v) is 12.1. The van der Waals surface area contributed by atoms with Crippen LogP contribution >= 0.6 is 0 Å². The summed E-state index contributed by atoms with van der Waals surface area (Å²) < 4.78 is 2.25. The molecule has 0 bridgehead atoms. The van der Waals surface area contributed by atoms with E-state index in [-0.39, 0.29) is 0 Å². The number of nitriles is 1. The summed E-state index contributed by atoms with van der Waals surface area (Å²) in [6.45, 7) is 7.64. The number of hydrogen-bond donors (Lipinski definition) is 0. The molecular formula is C44H29N3Si. The first-order valence-electron chi connectivity index (χ1n) is 15.9. The molecular weight excluding hydrogens is 599 g/mol. The van der Waals surface area contributed by atoms with Crippen LogP contribution in [0.2, 0.25) is 0 Å². The second-order valence-corrected chi connectivity index (χ2v) is 15.7. The van der Waals surface area contributed by atoms with E-state index in [2.05, 4.69) is 149 Å². The van der Waals surface area contributed by atoms with Gasteiger partial charge in [0.1, 0.15) is 0 Å². The van der Waals surface area contributed by atoms with Crippen LogP contribution in [0, 0.1) is 17.9 Å². The summed E-state index contributed by atoms with van der Waals surface area (Å²) >= 11 is 0. The molecule has 0 aliphatic heterocycles. The van der Waals surface area contributed by atoms with E-state index in [1.807, 2.05) is 42.5 Å². The number of fused-ring (bicyclic) bond motifs is 3. The molecule has 3 nitrogen and oxygen atoms in total. The third-order valence-corrected chi connectivity index (χ3v) is 14.2. The lowest BCUT2D eigenvalue weighted by Crippen LogP contribution is -2.74. The Hall–Kier alpha value is -6.46. The highest BCUT2D eigenvalue weighted by Gasteiger charge is 2.41. The first-order valence-corrected chi connectivity index (χ1v) is 17.9. The number of hydrogen-bond acceptors (Lipinski definition) is 1. The topological polar surface area (TPSA) is 33.1 Å². The van der Waals surface area contributed by atoms with Gasteiger partial charge >= 0.3 is 0 Å². The fraction of sp³-hybridized carbons (Fsp3) is 0. The zero-order valence-electron chi connectivity index (χ0n) is 26.1. The molecule has 7 aromatic carbocycles.